The molecule has 0 bridgehead atoms. The van der Waals surface area contributed by atoms with Gasteiger partial charge in [0.25, 0.3) is 0 Å². The van der Waals surface area contributed by atoms with Crippen LogP contribution in [0.25, 0.3) is 0 Å². The number of amides is 1. The Labute approximate surface area is 166 Å². The Hall–Kier alpha value is -1.47. The highest BCUT2D eigenvalue weighted by Gasteiger charge is 2.27. The molecule has 2 rings (SSSR count). The lowest BCUT2D eigenvalue weighted by Crippen LogP contribution is -2.52. The molecule has 1 aromatic rings. The van der Waals surface area contributed by atoms with Gasteiger partial charge in [0.1, 0.15) is 5.75 Å². The molecule has 1 aliphatic carbocycles. The van der Waals surface area contributed by atoms with Gasteiger partial charge >= 0.3 is 0 Å². The van der Waals surface area contributed by atoms with Gasteiger partial charge in [-0.05, 0) is 61.7 Å². The molecule has 1 aliphatic rings. The Morgan fingerprint density at radius 1 is 1.23 bits per heavy atom. The van der Waals surface area contributed by atoms with E-state index in [1.165, 1.54) is 24.6 Å². The summed E-state index contributed by atoms with van der Waals surface area (Å²) in [5, 5.41) is 3.81. The van der Waals surface area contributed by atoms with Crippen LogP contribution in [0.5, 0.6) is 5.75 Å². The number of rotatable bonds is 6. The summed E-state index contributed by atoms with van der Waals surface area (Å²) in [7, 11) is 0. The second-order valence-corrected chi connectivity index (χ2v) is 8.17. The van der Waals surface area contributed by atoms with Gasteiger partial charge in [-0.15, -0.1) is 11.8 Å². The van der Waals surface area contributed by atoms with Crippen LogP contribution >= 0.6 is 24.0 Å². The number of ether oxygens (including phenoxy) is 1. The number of thiocarbonyl (C=S) groups is 1. The van der Waals surface area contributed by atoms with Crippen molar-refractivity contribution in [3.8, 4) is 5.75 Å². The van der Waals surface area contributed by atoms with Crippen molar-refractivity contribution in [2.45, 2.75) is 51.0 Å². The van der Waals surface area contributed by atoms with E-state index in [0.29, 0.717) is 35.3 Å². The molecule has 1 amide bonds. The number of carbonyl (C=O) groups is 1. The largest absolute Gasteiger partial charge is 0.494 e. The highest BCUT2D eigenvalue weighted by atomic mass is 32.2. The maximum absolute atomic E-state index is 12.0. The van der Waals surface area contributed by atoms with Gasteiger partial charge in [-0.3, -0.25) is 15.6 Å². The number of thioether (sulfide) groups is 1. The molecule has 0 heterocycles. The fraction of sp³-hybridized carbons (Fsp3) is 0.579. The van der Waals surface area contributed by atoms with E-state index in [2.05, 4.69) is 30.0 Å². The second-order valence-electron chi connectivity index (χ2n) is 6.71. The first-order valence-electron chi connectivity index (χ1n) is 9.20. The summed E-state index contributed by atoms with van der Waals surface area (Å²) in [4.78, 5) is 13.0. The van der Waals surface area contributed by atoms with Crippen molar-refractivity contribution in [3.05, 3.63) is 24.3 Å². The van der Waals surface area contributed by atoms with Crippen LogP contribution in [0.3, 0.4) is 0 Å². The molecule has 0 aliphatic heterocycles. The fourth-order valence-electron chi connectivity index (χ4n) is 3.10. The lowest BCUT2D eigenvalue weighted by atomic mass is 9.78. The van der Waals surface area contributed by atoms with Crippen molar-refractivity contribution < 1.29 is 9.53 Å². The molecule has 0 radical (unpaired) electrons. The van der Waals surface area contributed by atoms with E-state index >= 15 is 0 Å². The number of hydrazine groups is 1. The number of benzene rings is 1. The van der Waals surface area contributed by atoms with Gasteiger partial charge in [0.2, 0.25) is 5.91 Å². The normalized spacial score (nSPS) is 22.3. The lowest BCUT2D eigenvalue weighted by molar-refractivity contribution is -0.119. The maximum atomic E-state index is 12.0. The van der Waals surface area contributed by atoms with Crippen molar-refractivity contribution in [3.63, 3.8) is 0 Å². The van der Waals surface area contributed by atoms with Gasteiger partial charge in [0.15, 0.2) is 5.11 Å². The van der Waals surface area contributed by atoms with Gasteiger partial charge in [0, 0.05) is 10.9 Å². The molecule has 3 N–H and O–H groups in total. The Balaban J connectivity index is 1.67. The SMILES string of the molecule is CCOc1ccc(SCC(=O)NNC(=S)N[C@H]2CCC[C@H](C)[C@@H]2C)cc1. The van der Waals surface area contributed by atoms with Gasteiger partial charge in [0.05, 0.1) is 12.4 Å². The summed E-state index contributed by atoms with van der Waals surface area (Å²) < 4.78 is 5.41. The van der Waals surface area contributed by atoms with E-state index in [4.69, 9.17) is 17.0 Å². The van der Waals surface area contributed by atoms with Crippen LogP contribution < -0.4 is 20.9 Å². The summed E-state index contributed by atoms with van der Waals surface area (Å²) >= 11 is 6.78. The molecule has 144 valence electrons. The zero-order valence-electron chi connectivity index (χ0n) is 15.7. The first kappa shape index (κ1) is 20.8. The number of hydrogen-bond donors (Lipinski definition) is 3. The molecule has 1 saturated carbocycles. The second kappa shape index (κ2) is 10.6. The number of nitrogens with one attached hydrogen (secondary N) is 3. The van der Waals surface area contributed by atoms with Crippen LogP contribution in [-0.2, 0) is 4.79 Å². The van der Waals surface area contributed by atoms with Crippen LogP contribution in [0.4, 0.5) is 0 Å². The minimum atomic E-state index is -0.113. The van der Waals surface area contributed by atoms with E-state index in [1.807, 2.05) is 31.2 Å². The van der Waals surface area contributed by atoms with Crippen molar-refractivity contribution >= 4 is 35.0 Å². The summed E-state index contributed by atoms with van der Waals surface area (Å²) in [5.74, 6) is 2.32. The van der Waals surface area contributed by atoms with Crippen LogP contribution in [0.1, 0.15) is 40.0 Å². The zero-order valence-corrected chi connectivity index (χ0v) is 17.3. The molecule has 0 spiro atoms. The number of hydrogen-bond acceptors (Lipinski definition) is 4. The van der Waals surface area contributed by atoms with E-state index < -0.39 is 0 Å². The summed E-state index contributed by atoms with van der Waals surface area (Å²) in [6, 6.07) is 8.09. The zero-order chi connectivity index (χ0) is 18.9. The van der Waals surface area contributed by atoms with Crippen molar-refractivity contribution in [2.75, 3.05) is 12.4 Å². The van der Waals surface area contributed by atoms with E-state index in [-0.39, 0.29) is 5.91 Å². The predicted molar refractivity (Wildman–Crippen MR) is 111 cm³/mol. The standard InChI is InChI=1S/C19H29N3O2S2/c1-4-24-15-8-10-16(11-9-15)26-12-18(23)21-22-19(25)20-17-7-5-6-13(2)14(17)3/h8-11,13-14,17H,4-7,12H2,1-3H3,(H,21,23)(H2,20,22,25)/t13-,14-,17-/m0/s1. The summed E-state index contributed by atoms with van der Waals surface area (Å²) in [6.45, 7) is 7.15. The lowest BCUT2D eigenvalue weighted by Gasteiger charge is -2.35. The maximum Gasteiger partial charge on any atom is 0.248 e. The molecule has 7 heteroatoms. The third-order valence-corrected chi connectivity index (χ3v) is 6.08. The Kier molecular flexibility index (Phi) is 8.51. The van der Waals surface area contributed by atoms with Crippen molar-refractivity contribution in [2.24, 2.45) is 11.8 Å². The molecule has 1 aromatic carbocycles. The molecule has 0 aromatic heterocycles. The van der Waals surface area contributed by atoms with E-state index in [0.717, 1.165) is 17.1 Å². The van der Waals surface area contributed by atoms with Crippen molar-refractivity contribution in [1.29, 1.82) is 0 Å². The number of carbonyl (C=O) groups excluding carboxylic acids is 1. The summed E-state index contributed by atoms with van der Waals surface area (Å²) in [5.41, 5.74) is 5.48. The average molecular weight is 396 g/mol. The summed E-state index contributed by atoms with van der Waals surface area (Å²) in [6.07, 6.45) is 3.62. The topological polar surface area (TPSA) is 62.4 Å². The fourth-order valence-corrected chi connectivity index (χ4v) is 4.00. The highest BCUT2D eigenvalue weighted by molar-refractivity contribution is 8.00. The molecule has 3 atom stereocenters. The molecule has 5 nitrogen and oxygen atoms in total. The molecule has 1 fully saturated rings. The monoisotopic (exact) mass is 395 g/mol. The first-order chi connectivity index (χ1) is 12.5. The van der Waals surface area contributed by atoms with Gasteiger partial charge in [-0.2, -0.15) is 0 Å². The third kappa shape index (κ3) is 6.68. The molecule has 0 unspecified atom stereocenters. The van der Waals surface area contributed by atoms with Gasteiger partial charge in [-0.1, -0.05) is 26.7 Å². The Bertz CT molecular complexity index is 595. The van der Waals surface area contributed by atoms with Crippen LogP contribution in [0.2, 0.25) is 0 Å². The van der Waals surface area contributed by atoms with Gasteiger partial charge < -0.3 is 10.1 Å². The van der Waals surface area contributed by atoms with Crippen LogP contribution in [0.15, 0.2) is 29.2 Å². The molecule has 26 heavy (non-hydrogen) atoms. The first-order valence-corrected chi connectivity index (χ1v) is 10.6. The van der Waals surface area contributed by atoms with Crippen LogP contribution in [0, 0.1) is 11.8 Å². The third-order valence-electron chi connectivity index (χ3n) is 4.84. The highest BCUT2D eigenvalue weighted by Crippen LogP contribution is 2.29. The van der Waals surface area contributed by atoms with Crippen molar-refractivity contribution in [1.82, 2.24) is 16.2 Å². The predicted octanol–water partition coefficient (Wildman–Crippen LogP) is 3.50. The van der Waals surface area contributed by atoms with E-state index in [1.54, 1.807) is 0 Å². The Morgan fingerprint density at radius 3 is 2.65 bits per heavy atom. The average Bonchev–Trinajstić information content (AvgIpc) is 2.63. The van der Waals surface area contributed by atoms with Gasteiger partial charge in [-0.25, -0.2) is 0 Å². The molecule has 0 saturated heterocycles. The molecular weight excluding hydrogens is 366 g/mol. The quantitative estimate of drug-likeness (QED) is 0.389. The van der Waals surface area contributed by atoms with Crippen LogP contribution in [-0.4, -0.2) is 29.4 Å². The molecular formula is C19H29N3O2S2. The van der Waals surface area contributed by atoms with E-state index in [9.17, 15) is 4.79 Å². The Morgan fingerprint density at radius 2 is 1.96 bits per heavy atom. The smallest absolute Gasteiger partial charge is 0.248 e. The minimum absolute atomic E-state index is 0.113. The minimum Gasteiger partial charge on any atom is -0.494 e.